The summed E-state index contributed by atoms with van der Waals surface area (Å²) in [4.78, 5) is 24.8. The Labute approximate surface area is 294 Å². The second-order valence-electron chi connectivity index (χ2n) is 12.5. The van der Waals surface area contributed by atoms with Crippen molar-refractivity contribution in [1.82, 2.24) is 5.32 Å². The molecule has 1 amide bonds. The molecule has 0 aliphatic rings. The van der Waals surface area contributed by atoms with Crippen molar-refractivity contribution in [3.8, 4) is 17.2 Å². The van der Waals surface area contributed by atoms with Gasteiger partial charge in [-0.1, -0.05) is 84.5 Å². The molecule has 3 N–H and O–H groups in total. The molecular formula is C35H61NO11S2. The summed E-state index contributed by atoms with van der Waals surface area (Å²) in [6, 6.07) is 2.99. The first-order valence-electron chi connectivity index (χ1n) is 18.1. The van der Waals surface area contributed by atoms with Crippen LogP contribution in [0.1, 0.15) is 146 Å². The Balaban J connectivity index is 2.59. The highest BCUT2D eigenvalue weighted by atomic mass is 32.2. The van der Waals surface area contributed by atoms with Gasteiger partial charge in [-0.25, -0.2) is 0 Å². The van der Waals surface area contributed by atoms with E-state index in [9.17, 15) is 26.4 Å². The van der Waals surface area contributed by atoms with Crippen LogP contribution in [0.4, 0.5) is 0 Å². The summed E-state index contributed by atoms with van der Waals surface area (Å²) in [6.45, 7) is 4.71. The fourth-order valence-electron chi connectivity index (χ4n) is 5.07. The zero-order valence-electron chi connectivity index (χ0n) is 29.7. The van der Waals surface area contributed by atoms with Gasteiger partial charge in [0.25, 0.3) is 26.1 Å². The fourth-order valence-corrected chi connectivity index (χ4v) is 6.04. The van der Waals surface area contributed by atoms with Crippen LogP contribution in [0, 0.1) is 0 Å². The molecule has 0 saturated heterocycles. The van der Waals surface area contributed by atoms with E-state index in [-0.39, 0.29) is 54.8 Å². The van der Waals surface area contributed by atoms with Crippen LogP contribution in [-0.4, -0.2) is 75.5 Å². The quantitative estimate of drug-likeness (QED) is 0.0497. The van der Waals surface area contributed by atoms with Crippen LogP contribution in [0.25, 0.3) is 0 Å². The Morgan fingerprint density at radius 1 is 0.592 bits per heavy atom. The van der Waals surface area contributed by atoms with Gasteiger partial charge in [-0.15, -0.1) is 0 Å². The average molecular weight is 736 g/mol. The molecule has 12 nitrogen and oxygen atoms in total. The van der Waals surface area contributed by atoms with E-state index < -0.39 is 31.7 Å². The maximum Gasteiger partial charge on any atom is 0.264 e. The average Bonchev–Trinajstić information content (AvgIpc) is 3.03. The van der Waals surface area contributed by atoms with Crippen LogP contribution in [0.2, 0.25) is 0 Å². The molecule has 1 aromatic rings. The Hall–Kier alpha value is -2.42. The number of amides is 1. The highest BCUT2D eigenvalue weighted by molar-refractivity contribution is 7.86. The number of hydrogen-bond acceptors (Lipinski definition) is 9. The molecule has 0 aliphatic heterocycles. The molecule has 0 atom stereocenters. The SMILES string of the molecule is CCCCOc1cc(C(=O)NCCCCCCCCCCCCCC(=O)CCCC)cc(OCCCS(=O)(=O)O)c1OCCCS(=O)(=O)O. The lowest BCUT2D eigenvalue weighted by Gasteiger charge is -2.18. The molecule has 0 aliphatic carbocycles. The molecule has 0 spiro atoms. The van der Waals surface area contributed by atoms with Crippen molar-refractivity contribution in [3.05, 3.63) is 17.7 Å². The number of unbranched alkanes of at least 4 members (excludes halogenated alkanes) is 12. The minimum absolute atomic E-state index is 0.0129. The van der Waals surface area contributed by atoms with Gasteiger partial charge in [0.2, 0.25) is 5.75 Å². The number of ketones is 1. The highest BCUT2D eigenvalue weighted by Gasteiger charge is 2.20. The second-order valence-corrected chi connectivity index (χ2v) is 15.7. The Kier molecular flexibility index (Phi) is 24.0. The zero-order valence-corrected chi connectivity index (χ0v) is 31.4. The van der Waals surface area contributed by atoms with Gasteiger partial charge in [-0.2, -0.15) is 16.8 Å². The van der Waals surface area contributed by atoms with Crippen molar-refractivity contribution in [1.29, 1.82) is 0 Å². The Bertz CT molecular complexity index is 1280. The van der Waals surface area contributed by atoms with Crippen molar-refractivity contribution in [2.24, 2.45) is 0 Å². The minimum Gasteiger partial charge on any atom is -0.490 e. The van der Waals surface area contributed by atoms with E-state index in [0.717, 1.165) is 77.0 Å². The summed E-state index contributed by atoms with van der Waals surface area (Å²) in [7, 11) is -8.36. The lowest BCUT2D eigenvalue weighted by atomic mass is 10.0. The van der Waals surface area contributed by atoms with Crippen molar-refractivity contribution >= 4 is 31.9 Å². The van der Waals surface area contributed by atoms with E-state index in [4.69, 9.17) is 23.3 Å². The fraction of sp³-hybridized carbons (Fsp3) is 0.771. The molecular weight excluding hydrogens is 675 g/mol. The second kappa shape index (κ2) is 26.4. The summed E-state index contributed by atoms with van der Waals surface area (Å²) in [5, 5.41) is 2.93. The third kappa shape index (κ3) is 24.4. The van der Waals surface area contributed by atoms with E-state index in [2.05, 4.69) is 12.2 Å². The molecule has 0 saturated carbocycles. The van der Waals surface area contributed by atoms with Gasteiger partial charge in [0, 0.05) is 24.9 Å². The van der Waals surface area contributed by atoms with E-state index in [0.29, 0.717) is 18.9 Å². The van der Waals surface area contributed by atoms with Gasteiger partial charge in [0.15, 0.2) is 11.5 Å². The van der Waals surface area contributed by atoms with Gasteiger partial charge >= 0.3 is 0 Å². The Morgan fingerprint density at radius 2 is 1.02 bits per heavy atom. The largest absolute Gasteiger partial charge is 0.490 e. The van der Waals surface area contributed by atoms with Crippen LogP contribution in [-0.2, 0) is 25.0 Å². The van der Waals surface area contributed by atoms with Gasteiger partial charge in [-0.3, -0.25) is 18.7 Å². The molecule has 1 aromatic carbocycles. The number of hydrogen-bond donors (Lipinski definition) is 3. The van der Waals surface area contributed by atoms with Crippen molar-refractivity contribution < 1.29 is 49.7 Å². The van der Waals surface area contributed by atoms with Crippen LogP contribution < -0.4 is 19.5 Å². The zero-order chi connectivity index (χ0) is 36.4. The van der Waals surface area contributed by atoms with Gasteiger partial charge in [0.1, 0.15) is 5.78 Å². The van der Waals surface area contributed by atoms with Crippen molar-refractivity contribution in [3.63, 3.8) is 0 Å². The molecule has 14 heteroatoms. The topological polar surface area (TPSA) is 183 Å². The molecule has 0 aromatic heterocycles. The van der Waals surface area contributed by atoms with E-state index >= 15 is 0 Å². The Morgan fingerprint density at radius 3 is 1.51 bits per heavy atom. The molecule has 0 bridgehead atoms. The molecule has 0 heterocycles. The molecule has 1 rings (SSSR count). The first kappa shape index (κ1) is 44.6. The summed E-state index contributed by atoms with van der Waals surface area (Å²) in [5.41, 5.74) is 0.254. The maximum absolute atomic E-state index is 13.1. The number of carbonyl (C=O) groups excluding carboxylic acids is 2. The first-order valence-corrected chi connectivity index (χ1v) is 21.3. The van der Waals surface area contributed by atoms with Crippen molar-refractivity contribution in [2.45, 2.75) is 136 Å². The van der Waals surface area contributed by atoms with Gasteiger partial charge < -0.3 is 19.5 Å². The third-order valence-electron chi connectivity index (χ3n) is 7.86. The summed E-state index contributed by atoms with van der Waals surface area (Å²) in [6.07, 6.45) is 17.4. The molecule has 0 unspecified atom stereocenters. The number of Topliss-reactive ketones (excluding diaryl/α,β-unsaturated/α-hetero) is 1. The predicted molar refractivity (Wildman–Crippen MR) is 192 cm³/mol. The summed E-state index contributed by atoms with van der Waals surface area (Å²) >= 11 is 0. The smallest absolute Gasteiger partial charge is 0.264 e. The number of benzene rings is 1. The normalized spacial score (nSPS) is 11.8. The number of carbonyl (C=O) groups is 2. The lowest BCUT2D eigenvalue weighted by molar-refractivity contribution is -0.119. The molecule has 0 radical (unpaired) electrons. The van der Waals surface area contributed by atoms with E-state index in [1.807, 2.05) is 6.92 Å². The predicted octanol–water partition coefficient (Wildman–Crippen LogP) is 7.35. The van der Waals surface area contributed by atoms with Crippen molar-refractivity contribution in [2.75, 3.05) is 37.9 Å². The van der Waals surface area contributed by atoms with Crippen LogP contribution in [0.15, 0.2) is 12.1 Å². The van der Waals surface area contributed by atoms with E-state index in [1.54, 1.807) is 0 Å². The number of ether oxygens (including phenoxy) is 3. The number of rotatable bonds is 32. The minimum atomic E-state index is -4.19. The third-order valence-corrected chi connectivity index (χ3v) is 9.47. The van der Waals surface area contributed by atoms with Crippen LogP contribution in [0.3, 0.4) is 0 Å². The molecule has 49 heavy (non-hydrogen) atoms. The van der Waals surface area contributed by atoms with E-state index in [1.165, 1.54) is 44.2 Å². The van der Waals surface area contributed by atoms with Gasteiger partial charge in [0.05, 0.1) is 31.3 Å². The molecule has 0 fully saturated rings. The number of nitrogens with one attached hydrogen (secondary N) is 1. The summed E-state index contributed by atoms with van der Waals surface area (Å²) < 4.78 is 80.1. The maximum atomic E-state index is 13.1. The molecule has 284 valence electrons. The van der Waals surface area contributed by atoms with Crippen LogP contribution >= 0.6 is 0 Å². The summed E-state index contributed by atoms with van der Waals surface area (Å²) in [5.74, 6) is -0.495. The lowest BCUT2D eigenvalue weighted by Crippen LogP contribution is -2.24. The first-order chi connectivity index (χ1) is 23.4. The standard InChI is InChI=1S/C35H61NO11S2/c1-3-5-20-31(37)21-16-14-12-10-8-7-9-11-13-15-17-22-36-35(38)30-28-32(45-23-6-4-2)34(47-25-19-27-49(42,43)44)33(29-30)46-24-18-26-48(39,40)41/h28-29H,3-27H2,1-2H3,(H,36,38)(H,39,40,41)(H,42,43,44). The van der Waals surface area contributed by atoms with Gasteiger partial charge in [-0.05, 0) is 50.7 Å². The van der Waals surface area contributed by atoms with Crippen LogP contribution in [0.5, 0.6) is 17.2 Å². The monoisotopic (exact) mass is 735 g/mol. The highest BCUT2D eigenvalue weighted by Crippen LogP contribution is 2.39.